The summed E-state index contributed by atoms with van der Waals surface area (Å²) in [6, 6.07) is -1.98. The van der Waals surface area contributed by atoms with Crippen LogP contribution in [0, 0.1) is 0 Å². The number of carboxylic acids is 1. The molecule has 3 N–H and O–H groups in total. The summed E-state index contributed by atoms with van der Waals surface area (Å²) in [5.74, 6) is -1.32. The lowest BCUT2D eigenvalue weighted by molar-refractivity contribution is -0.311. The molecule has 8 heteroatoms. The molecule has 8 nitrogen and oxygen atoms in total. The van der Waals surface area contributed by atoms with Crippen LogP contribution in [0.3, 0.4) is 0 Å². The monoisotopic (exact) mass is 241 g/mol. The molecule has 3 atom stereocenters. The van der Waals surface area contributed by atoms with Gasteiger partial charge >= 0.3 is 12.1 Å². The van der Waals surface area contributed by atoms with Crippen molar-refractivity contribution in [2.75, 3.05) is 0 Å². The fourth-order valence-electron chi connectivity index (χ4n) is 2.14. The van der Waals surface area contributed by atoms with Crippen LogP contribution in [-0.2, 0) is 4.79 Å². The van der Waals surface area contributed by atoms with E-state index in [1.807, 2.05) is 6.92 Å². The average molecular weight is 241 g/mol. The molecule has 0 spiro atoms. The highest BCUT2D eigenvalue weighted by molar-refractivity contribution is 5.88. The summed E-state index contributed by atoms with van der Waals surface area (Å²) in [5, 5.41) is 18.5. The topological polar surface area (TPSA) is 114 Å². The Morgan fingerprint density at radius 2 is 2.12 bits per heavy atom. The Bertz CT molecular complexity index is 372. The maximum atomic E-state index is 11.6. The number of aliphatic carboxylic acids is 1. The summed E-state index contributed by atoms with van der Waals surface area (Å²) in [4.78, 5) is 34.9. The fraction of sp³-hybridized carbons (Fsp3) is 0.667. The van der Waals surface area contributed by atoms with Gasteiger partial charge in [-0.2, -0.15) is 0 Å². The molecule has 17 heavy (non-hydrogen) atoms. The van der Waals surface area contributed by atoms with E-state index >= 15 is 0 Å². The Labute approximate surface area is 97.3 Å². The van der Waals surface area contributed by atoms with Gasteiger partial charge in [-0.25, -0.2) is 9.59 Å². The van der Waals surface area contributed by atoms with Crippen LogP contribution in [0.4, 0.5) is 9.59 Å². The van der Waals surface area contributed by atoms with Gasteiger partial charge in [-0.15, -0.1) is 0 Å². The molecule has 0 aromatic carbocycles. The lowest BCUT2D eigenvalue weighted by atomic mass is 10.1. The minimum atomic E-state index is -1.32. The lowest BCUT2D eigenvalue weighted by Crippen LogP contribution is -2.55. The number of amides is 4. The van der Waals surface area contributed by atoms with Crippen molar-refractivity contribution in [2.45, 2.75) is 38.1 Å². The van der Waals surface area contributed by atoms with Crippen molar-refractivity contribution in [3.63, 3.8) is 0 Å². The number of fused-ring (bicyclic) bond motifs is 1. The second kappa shape index (κ2) is 4.11. The van der Waals surface area contributed by atoms with Crippen LogP contribution < -0.4 is 21.1 Å². The number of nitrogens with zero attached hydrogens (tertiary/aromatic N) is 1. The summed E-state index contributed by atoms with van der Waals surface area (Å²) in [6.45, 7) is 1.81. The third-order valence-electron chi connectivity index (χ3n) is 2.86. The van der Waals surface area contributed by atoms with Crippen molar-refractivity contribution >= 4 is 18.0 Å². The number of hydrogen-bond acceptors (Lipinski definition) is 4. The maximum absolute atomic E-state index is 11.6. The molecule has 94 valence electrons. The summed E-state index contributed by atoms with van der Waals surface area (Å²) in [7, 11) is 0. The van der Waals surface area contributed by atoms with Gasteiger partial charge in [0.2, 0.25) is 0 Å². The molecule has 2 aliphatic heterocycles. The van der Waals surface area contributed by atoms with E-state index in [0.717, 1.165) is 4.90 Å². The first-order valence-electron chi connectivity index (χ1n) is 5.41. The first-order chi connectivity index (χ1) is 8.04. The molecule has 2 rings (SSSR count). The minimum absolute atomic E-state index is 0.287. The Balaban J connectivity index is 2.20. The molecular formula is C9H13N4O4-. The molecule has 2 fully saturated rings. The molecule has 0 radical (unpaired) electrons. The summed E-state index contributed by atoms with van der Waals surface area (Å²) in [5.41, 5.74) is 0. The fourth-order valence-corrected chi connectivity index (χ4v) is 2.14. The van der Waals surface area contributed by atoms with E-state index in [1.165, 1.54) is 0 Å². The zero-order valence-electron chi connectivity index (χ0n) is 9.23. The van der Waals surface area contributed by atoms with Gasteiger partial charge in [0.15, 0.2) is 0 Å². The highest BCUT2D eigenvalue weighted by Crippen LogP contribution is 2.19. The lowest BCUT2D eigenvalue weighted by Gasteiger charge is -2.31. The van der Waals surface area contributed by atoms with Crippen molar-refractivity contribution in [3.05, 3.63) is 0 Å². The first kappa shape index (κ1) is 11.5. The molecule has 2 heterocycles. The van der Waals surface area contributed by atoms with Gasteiger partial charge in [0.05, 0.1) is 12.0 Å². The summed E-state index contributed by atoms with van der Waals surface area (Å²) >= 11 is 0. The van der Waals surface area contributed by atoms with E-state index in [-0.39, 0.29) is 6.42 Å². The van der Waals surface area contributed by atoms with Crippen LogP contribution in [0.15, 0.2) is 0 Å². The molecule has 0 saturated carbocycles. The molecular weight excluding hydrogens is 228 g/mol. The Morgan fingerprint density at radius 1 is 1.41 bits per heavy atom. The Hall–Kier alpha value is -1.99. The van der Waals surface area contributed by atoms with Crippen molar-refractivity contribution in [2.24, 2.45) is 0 Å². The second-order valence-electron chi connectivity index (χ2n) is 4.02. The van der Waals surface area contributed by atoms with Gasteiger partial charge in [-0.05, 0) is 6.42 Å². The molecule has 4 amide bonds. The summed E-state index contributed by atoms with van der Waals surface area (Å²) in [6.07, 6.45) is -0.381. The summed E-state index contributed by atoms with van der Waals surface area (Å²) < 4.78 is 0. The van der Waals surface area contributed by atoms with Gasteiger partial charge in [0, 0.05) is 0 Å². The SMILES string of the molecule is CCC[C@@H](C(=O)[O-])N1C(=O)N[C@@H]2NC(=O)N[C@@H]21. The van der Waals surface area contributed by atoms with E-state index < -0.39 is 36.4 Å². The largest absolute Gasteiger partial charge is 0.548 e. The van der Waals surface area contributed by atoms with Crippen molar-refractivity contribution < 1.29 is 19.5 Å². The second-order valence-corrected chi connectivity index (χ2v) is 4.02. The molecule has 0 unspecified atom stereocenters. The molecule has 2 aliphatic rings. The predicted octanol–water partition coefficient (Wildman–Crippen LogP) is -2.10. The Kier molecular flexibility index (Phi) is 2.78. The van der Waals surface area contributed by atoms with Gasteiger partial charge in [0.1, 0.15) is 12.3 Å². The third kappa shape index (κ3) is 1.85. The van der Waals surface area contributed by atoms with Crippen LogP contribution >= 0.6 is 0 Å². The molecule has 0 aliphatic carbocycles. The molecule has 2 saturated heterocycles. The van der Waals surface area contributed by atoms with Crippen LogP contribution in [-0.4, -0.2) is 41.3 Å². The van der Waals surface area contributed by atoms with E-state index in [2.05, 4.69) is 16.0 Å². The number of carboxylic acid groups (broad SMARTS) is 1. The molecule has 0 aromatic heterocycles. The number of carbonyl (C=O) groups excluding carboxylic acids is 3. The van der Waals surface area contributed by atoms with Crippen molar-refractivity contribution in [1.29, 1.82) is 0 Å². The molecule has 0 bridgehead atoms. The standard InChI is InChI=1S/C9H14N4O4/c1-2-3-4(7(14)15)13-6-5(11-9(13)17)10-8(16)12-6/h4-6H,2-3H2,1H3,(H,11,17)(H,14,15)(H2,10,12,16)/p-1/t4-,5-,6+/m0/s1. The number of hydrogen-bond donors (Lipinski definition) is 3. The predicted molar refractivity (Wildman–Crippen MR) is 53.3 cm³/mol. The van der Waals surface area contributed by atoms with Crippen LogP contribution in [0.25, 0.3) is 0 Å². The van der Waals surface area contributed by atoms with Crippen LogP contribution in [0.2, 0.25) is 0 Å². The van der Waals surface area contributed by atoms with Gasteiger partial charge in [-0.3, -0.25) is 4.90 Å². The highest BCUT2D eigenvalue weighted by atomic mass is 16.4. The number of nitrogens with one attached hydrogen (secondary N) is 3. The Morgan fingerprint density at radius 3 is 2.71 bits per heavy atom. The third-order valence-corrected chi connectivity index (χ3v) is 2.86. The smallest absolute Gasteiger partial charge is 0.321 e. The minimum Gasteiger partial charge on any atom is -0.548 e. The van der Waals surface area contributed by atoms with Crippen molar-refractivity contribution in [3.8, 4) is 0 Å². The number of rotatable bonds is 4. The number of urea groups is 2. The maximum Gasteiger partial charge on any atom is 0.321 e. The normalized spacial score (nSPS) is 28.2. The van der Waals surface area contributed by atoms with Crippen molar-refractivity contribution in [1.82, 2.24) is 20.9 Å². The van der Waals surface area contributed by atoms with E-state index in [0.29, 0.717) is 6.42 Å². The number of carbonyl (C=O) groups is 3. The quantitative estimate of drug-likeness (QED) is 0.523. The zero-order valence-corrected chi connectivity index (χ0v) is 9.23. The van der Waals surface area contributed by atoms with E-state index in [4.69, 9.17) is 0 Å². The van der Waals surface area contributed by atoms with Gasteiger partial charge < -0.3 is 25.9 Å². The van der Waals surface area contributed by atoms with Crippen LogP contribution in [0.1, 0.15) is 19.8 Å². The average Bonchev–Trinajstić information content (AvgIpc) is 2.70. The van der Waals surface area contributed by atoms with Crippen LogP contribution in [0.5, 0.6) is 0 Å². The molecule has 0 aromatic rings. The van der Waals surface area contributed by atoms with E-state index in [1.54, 1.807) is 0 Å². The zero-order chi connectivity index (χ0) is 12.6. The van der Waals surface area contributed by atoms with Gasteiger partial charge in [0.25, 0.3) is 0 Å². The van der Waals surface area contributed by atoms with E-state index in [9.17, 15) is 19.5 Å². The van der Waals surface area contributed by atoms with Gasteiger partial charge in [-0.1, -0.05) is 13.3 Å². The highest BCUT2D eigenvalue weighted by Gasteiger charge is 2.48. The first-order valence-corrected chi connectivity index (χ1v) is 5.41.